The Morgan fingerprint density at radius 1 is 1.28 bits per heavy atom. The fraction of sp³-hybridized carbons (Fsp3) is 0.222. The Morgan fingerprint density at radius 3 is 2.69 bits per heavy atom. The standard InChI is InChI=1S/C27H25IN2O5S/c1-5-12-35-24-19(28)13-17(14-20(24)33-4)15-21-25(31)30-23(18-10-8-7-9-11-18)22(26(32)34-6-2)16(3)29-27(30)36-21/h5,7-11,13-15,23H,1,6,12H2,2-4H3/b21-15-/t23-/m1/s1. The average molecular weight is 616 g/mol. The van der Waals surface area contributed by atoms with Crippen molar-refractivity contribution in [2.24, 2.45) is 4.99 Å². The number of aromatic nitrogens is 1. The second kappa shape index (κ2) is 11.3. The normalized spacial score (nSPS) is 15.2. The van der Waals surface area contributed by atoms with E-state index in [-0.39, 0.29) is 12.2 Å². The number of benzene rings is 2. The summed E-state index contributed by atoms with van der Waals surface area (Å²) in [5.41, 5.74) is 2.26. The van der Waals surface area contributed by atoms with Gasteiger partial charge in [0.1, 0.15) is 6.61 Å². The topological polar surface area (TPSA) is 79.1 Å². The molecule has 186 valence electrons. The minimum absolute atomic E-state index is 0.231. The number of hydrogen-bond acceptors (Lipinski definition) is 7. The lowest BCUT2D eigenvalue weighted by Gasteiger charge is -2.24. The number of ether oxygens (including phenoxy) is 3. The quantitative estimate of drug-likeness (QED) is 0.218. The molecule has 0 aliphatic carbocycles. The molecule has 4 rings (SSSR count). The zero-order valence-corrected chi connectivity index (χ0v) is 23.1. The van der Waals surface area contributed by atoms with Crippen molar-refractivity contribution >= 4 is 46.0 Å². The van der Waals surface area contributed by atoms with Gasteiger partial charge in [0.25, 0.3) is 5.56 Å². The summed E-state index contributed by atoms with van der Waals surface area (Å²) in [6.07, 6.45) is 3.47. The Hall–Kier alpha value is -3.18. The molecule has 2 aromatic carbocycles. The van der Waals surface area contributed by atoms with Crippen LogP contribution < -0.4 is 24.4 Å². The summed E-state index contributed by atoms with van der Waals surface area (Å²) in [4.78, 5) is 31.8. The highest BCUT2D eigenvalue weighted by Crippen LogP contribution is 2.34. The molecule has 1 aliphatic heterocycles. The minimum Gasteiger partial charge on any atom is -0.493 e. The van der Waals surface area contributed by atoms with E-state index in [0.717, 1.165) is 14.7 Å². The number of rotatable bonds is 8. The first-order chi connectivity index (χ1) is 17.4. The van der Waals surface area contributed by atoms with Gasteiger partial charge < -0.3 is 14.2 Å². The molecule has 0 fully saturated rings. The molecule has 0 bridgehead atoms. The van der Waals surface area contributed by atoms with E-state index in [1.165, 1.54) is 11.3 Å². The van der Waals surface area contributed by atoms with Gasteiger partial charge in [-0.2, -0.15) is 0 Å². The summed E-state index contributed by atoms with van der Waals surface area (Å²) in [7, 11) is 1.57. The molecule has 36 heavy (non-hydrogen) atoms. The van der Waals surface area contributed by atoms with E-state index in [4.69, 9.17) is 14.2 Å². The van der Waals surface area contributed by atoms with Crippen molar-refractivity contribution in [1.82, 2.24) is 4.57 Å². The molecule has 2 heterocycles. The highest BCUT2D eigenvalue weighted by atomic mass is 127. The predicted molar refractivity (Wildman–Crippen MR) is 148 cm³/mol. The second-order valence-electron chi connectivity index (χ2n) is 7.85. The summed E-state index contributed by atoms with van der Waals surface area (Å²) < 4.78 is 19.5. The molecule has 1 atom stereocenters. The largest absolute Gasteiger partial charge is 0.493 e. The molecule has 9 heteroatoms. The van der Waals surface area contributed by atoms with Crippen LogP contribution in [0.1, 0.15) is 31.0 Å². The summed E-state index contributed by atoms with van der Waals surface area (Å²) in [5.74, 6) is 0.706. The van der Waals surface area contributed by atoms with Gasteiger partial charge in [0.05, 0.1) is 39.1 Å². The van der Waals surface area contributed by atoms with Gasteiger partial charge in [-0.05, 0) is 65.8 Å². The molecular weight excluding hydrogens is 591 g/mol. The zero-order chi connectivity index (χ0) is 25.8. The van der Waals surface area contributed by atoms with E-state index < -0.39 is 12.0 Å². The molecule has 1 aliphatic rings. The van der Waals surface area contributed by atoms with E-state index in [0.29, 0.717) is 38.7 Å². The first-order valence-corrected chi connectivity index (χ1v) is 13.1. The molecule has 0 saturated heterocycles. The van der Waals surface area contributed by atoms with E-state index in [1.807, 2.05) is 42.5 Å². The summed E-state index contributed by atoms with van der Waals surface area (Å²) >= 11 is 3.46. The van der Waals surface area contributed by atoms with E-state index in [9.17, 15) is 9.59 Å². The van der Waals surface area contributed by atoms with Gasteiger partial charge in [-0.1, -0.05) is 54.3 Å². The number of nitrogens with zero attached hydrogens (tertiary/aromatic N) is 2. The van der Waals surface area contributed by atoms with Crippen LogP contribution in [-0.2, 0) is 9.53 Å². The number of halogens is 1. The van der Waals surface area contributed by atoms with Gasteiger partial charge in [-0.3, -0.25) is 9.36 Å². The number of carbonyl (C=O) groups is 1. The first kappa shape index (κ1) is 25.9. The van der Waals surface area contributed by atoms with E-state index >= 15 is 0 Å². The fourth-order valence-corrected chi connectivity index (χ4v) is 5.83. The Kier molecular flexibility index (Phi) is 8.10. The lowest BCUT2D eigenvalue weighted by molar-refractivity contribution is -0.139. The van der Waals surface area contributed by atoms with E-state index in [1.54, 1.807) is 37.7 Å². The lowest BCUT2D eigenvalue weighted by Crippen LogP contribution is -2.39. The molecular formula is C27H25IN2O5S. The van der Waals surface area contributed by atoms with Crippen LogP contribution in [0.4, 0.5) is 0 Å². The monoisotopic (exact) mass is 616 g/mol. The number of allylic oxidation sites excluding steroid dienone is 1. The maximum Gasteiger partial charge on any atom is 0.338 e. The molecule has 0 saturated carbocycles. The van der Waals surface area contributed by atoms with Crippen LogP contribution in [0.25, 0.3) is 6.08 Å². The van der Waals surface area contributed by atoms with Gasteiger partial charge in [-0.25, -0.2) is 9.79 Å². The van der Waals surface area contributed by atoms with Gasteiger partial charge in [0.2, 0.25) is 0 Å². The number of methoxy groups -OCH3 is 1. The molecule has 0 unspecified atom stereocenters. The van der Waals surface area contributed by atoms with Crippen LogP contribution in [0.3, 0.4) is 0 Å². The number of fused-ring (bicyclic) bond motifs is 1. The van der Waals surface area contributed by atoms with E-state index in [2.05, 4.69) is 34.2 Å². The highest BCUT2D eigenvalue weighted by molar-refractivity contribution is 14.1. The maximum absolute atomic E-state index is 13.7. The maximum atomic E-state index is 13.7. The van der Waals surface area contributed by atoms with Gasteiger partial charge in [0.15, 0.2) is 16.3 Å². The van der Waals surface area contributed by atoms with Crippen LogP contribution in [-0.4, -0.2) is 30.9 Å². The molecule has 7 nitrogen and oxygen atoms in total. The lowest BCUT2D eigenvalue weighted by atomic mass is 9.96. The molecule has 1 aromatic heterocycles. The zero-order valence-electron chi connectivity index (χ0n) is 20.1. The first-order valence-electron chi connectivity index (χ1n) is 11.2. The smallest absolute Gasteiger partial charge is 0.338 e. The van der Waals surface area contributed by atoms with Crippen molar-refractivity contribution in [3.8, 4) is 11.5 Å². The molecule has 3 aromatic rings. The minimum atomic E-state index is -0.631. The van der Waals surface area contributed by atoms with Crippen LogP contribution in [0.15, 0.2) is 76.2 Å². The van der Waals surface area contributed by atoms with Gasteiger partial charge in [0, 0.05) is 0 Å². The second-order valence-corrected chi connectivity index (χ2v) is 10.0. The summed E-state index contributed by atoms with van der Waals surface area (Å²) in [6.45, 7) is 7.79. The third-order valence-corrected chi connectivity index (χ3v) is 7.31. The summed E-state index contributed by atoms with van der Waals surface area (Å²) in [5, 5.41) is 0. The Labute approximate surface area is 226 Å². The number of thiazole rings is 1. The van der Waals surface area contributed by atoms with Crippen molar-refractivity contribution in [2.75, 3.05) is 20.3 Å². The van der Waals surface area contributed by atoms with Crippen LogP contribution >= 0.6 is 33.9 Å². The van der Waals surface area contributed by atoms with Crippen molar-refractivity contribution in [3.63, 3.8) is 0 Å². The number of hydrogen-bond donors (Lipinski definition) is 0. The molecule has 0 amide bonds. The van der Waals surface area contributed by atoms with Crippen LogP contribution in [0.2, 0.25) is 0 Å². The van der Waals surface area contributed by atoms with Crippen molar-refractivity contribution in [3.05, 3.63) is 101 Å². The van der Waals surface area contributed by atoms with Crippen LogP contribution in [0.5, 0.6) is 11.5 Å². The SMILES string of the molecule is C=CCOc1c(I)cc(/C=c2\sc3n(c2=O)[C@H](c2ccccc2)C(C(=O)OCC)=C(C)N=3)cc1OC. The van der Waals surface area contributed by atoms with Crippen LogP contribution in [0, 0.1) is 3.57 Å². The Balaban J connectivity index is 1.89. The Bertz CT molecular complexity index is 1520. The predicted octanol–water partition coefficient (Wildman–Crippen LogP) is 3.98. The molecule has 0 radical (unpaired) electrons. The van der Waals surface area contributed by atoms with Crippen molar-refractivity contribution in [1.29, 1.82) is 0 Å². The highest BCUT2D eigenvalue weighted by Gasteiger charge is 2.33. The number of esters is 1. The molecule has 0 spiro atoms. The third kappa shape index (κ3) is 5.03. The number of carbonyl (C=O) groups excluding carboxylic acids is 1. The Morgan fingerprint density at radius 2 is 2.03 bits per heavy atom. The summed E-state index contributed by atoms with van der Waals surface area (Å²) in [6, 6.07) is 12.6. The third-order valence-electron chi connectivity index (χ3n) is 5.53. The van der Waals surface area contributed by atoms with Gasteiger partial charge in [-0.15, -0.1) is 0 Å². The molecule has 0 N–H and O–H groups in total. The van der Waals surface area contributed by atoms with Crippen molar-refractivity contribution in [2.45, 2.75) is 19.9 Å². The van der Waals surface area contributed by atoms with Gasteiger partial charge >= 0.3 is 5.97 Å². The van der Waals surface area contributed by atoms with Crippen molar-refractivity contribution < 1.29 is 19.0 Å². The average Bonchev–Trinajstić information content (AvgIpc) is 3.17. The fourth-order valence-electron chi connectivity index (χ4n) is 4.00.